The third kappa shape index (κ3) is 2.85. The first-order chi connectivity index (χ1) is 14.4. The molecule has 1 aromatic rings. The van der Waals surface area contributed by atoms with E-state index >= 15 is 0 Å². The number of hydrogen-bond donors (Lipinski definition) is 2. The lowest BCUT2D eigenvalue weighted by atomic mass is 9.70. The summed E-state index contributed by atoms with van der Waals surface area (Å²) in [5.41, 5.74) is -0.764. The fraction of sp³-hybridized carbons (Fsp3) is 0.476. The molecule has 0 aromatic heterocycles. The van der Waals surface area contributed by atoms with E-state index in [1.807, 2.05) is 0 Å². The Balaban J connectivity index is 1.79. The van der Waals surface area contributed by atoms with Crippen molar-refractivity contribution in [2.75, 3.05) is 24.6 Å². The number of aliphatic hydroxyl groups is 1. The topological polar surface area (TPSA) is 107 Å². The number of likely N-dealkylation sites (tertiary alicyclic amines) is 1. The summed E-state index contributed by atoms with van der Waals surface area (Å²) >= 11 is 6.33. The summed E-state index contributed by atoms with van der Waals surface area (Å²) in [6.45, 7) is 3.42. The quantitative estimate of drug-likeness (QED) is 0.626. The highest BCUT2D eigenvalue weighted by molar-refractivity contribution is 6.34. The number of aliphatic hydroxyl groups excluding tert-OH is 1. The number of carboxylic acids is 1. The summed E-state index contributed by atoms with van der Waals surface area (Å²) in [4.78, 5) is 41.7. The average Bonchev–Trinajstić information content (AvgIpc) is 3.35. The lowest BCUT2D eigenvalue weighted by molar-refractivity contribution is -0.149. The second kappa shape index (κ2) is 7.68. The summed E-state index contributed by atoms with van der Waals surface area (Å²) in [6.07, 6.45) is 1.82. The molecule has 0 aliphatic carbocycles. The molecule has 2 N–H and O–H groups in total. The molecule has 3 aliphatic rings. The number of para-hydroxylation sites is 1. The van der Waals surface area contributed by atoms with Crippen LogP contribution in [0.1, 0.15) is 12.8 Å². The molecule has 3 heterocycles. The number of carbonyl (C=O) groups excluding carboxylic acids is 2. The number of ether oxygens (including phenoxy) is 1. The molecular weight excluding hydrogens is 412 g/mol. The minimum Gasteiger partial charge on any atom is -0.481 e. The molecule has 3 saturated heterocycles. The normalized spacial score (nSPS) is 31.7. The number of fused-ring (bicyclic) bond motifs is 1. The van der Waals surface area contributed by atoms with Crippen molar-refractivity contribution in [3.63, 3.8) is 0 Å². The Labute approximate surface area is 178 Å². The van der Waals surface area contributed by atoms with Gasteiger partial charge in [-0.3, -0.25) is 14.4 Å². The lowest BCUT2D eigenvalue weighted by Crippen LogP contribution is -2.56. The SMILES string of the molecule is C=CCN(C(=O)C1N(CCO)C(=O)[C@@H]2[C@@H](C(=O)O)[C@H]3CCC12O3)c1ccccc1Cl. The first-order valence-electron chi connectivity index (χ1n) is 9.86. The van der Waals surface area contributed by atoms with Gasteiger partial charge in [-0.25, -0.2) is 0 Å². The average molecular weight is 435 g/mol. The largest absolute Gasteiger partial charge is 0.481 e. The van der Waals surface area contributed by atoms with Gasteiger partial charge in [0.2, 0.25) is 5.91 Å². The number of aliphatic carboxylic acids is 1. The molecule has 160 valence electrons. The summed E-state index contributed by atoms with van der Waals surface area (Å²) in [6, 6.07) is 5.79. The maximum absolute atomic E-state index is 13.8. The van der Waals surface area contributed by atoms with E-state index in [4.69, 9.17) is 16.3 Å². The van der Waals surface area contributed by atoms with Gasteiger partial charge in [0.15, 0.2) is 0 Å². The molecule has 3 fully saturated rings. The zero-order chi connectivity index (χ0) is 21.6. The van der Waals surface area contributed by atoms with Crippen LogP contribution >= 0.6 is 11.6 Å². The van der Waals surface area contributed by atoms with Gasteiger partial charge in [0.05, 0.1) is 35.3 Å². The van der Waals surface area contributed by atoms with Crippen LogP contribution in [-0.2, 0) is 19.1 Å². The number of carboxylic acid groups (broad SMARTS) is 1. The minimum absolute atomic E-state index is 0.0850. The van der Waals surface area contributed by atoms with Crippen LogP contribution in [0.25, 0.3) is 0 Å². The Kier molecular flexibility index (Phi) is 5.34. The first kappa shape index (κ1) is 20.8. The zero-order valence-corrected chi connectivity index (χ0v) is 17.0. The number of halogens is 1. The molecule has 3 aliphatic heterocycles. The summed E-state index contributed by atoms with van der Waals surface area (Å²) in [5.74, 6) is -3.95. The molecule has 2 unspecified atom stereocenters. The summed E-state index contributed by atoms with van der Waals surface area (Å²) in [7, 11) is 0. The highest BCUT2D eigenvalue weighted by Gasteiger charge is 2.74. The molecule has 1 spiro atoms. The highest BCUT2D eigenvalue weighted by Crippen LogP contribution is 2.58. The fourth-order valence-electron chi connectivity index (χ4n) is 5.32. The van der Waals surface area contributed by atoms with Crippen molar-refractivity contribution in [2.24, 2.45) is 11.8 Å². The highest BCUT2D eigenvalue weighted by atomic mass is 35.5. The molecule has 2 amide bonds. The smallest absolute Gasteiger partial charge is 0.310 e. The molecule has 2 bridgehead atoms. The molecule has 1 aromatic carbocycles. The minimum atomic E-state index is -1.22. The number of benzene rings is 1. The molecule has 4 rings (SSSR count). The number of carbonyl (C=O) groups is 3. The van der Waals surface area contributed by atoms with Crippen LogP contribution in [0.4, 0.5) is 5.69 Å². The fourth-order valence-corrected chi connectivity index (χ4v) is 5.55. The second-order valence-corrected chi connectivity index (χ2v) is 8.25. The maximum atomic E-state index is 13.8. The second-order valence-electron chi connectivity index (χ2n) is 7.84. The van der Waals surface area contributed by atoms with Gasteiger partial charge in [-0.2, -0.15) is 0 Å². The Morgan fingerprint density at radius 3 is 2.77 bits per heavy atom. The van der Waals surface area contributed by atoms with Crippen molar-refractivity contribution in [3.8, 4) is 0 Å². The van der Waals surface area contributed by atoms with E-state index in [-0.39, 0.29) is 19.7 Å². The maximum Gasteiger partial charge on any atom is 0.310 e. The van der Waals surface area contributed by atoms with Crippen molar-refractivity contribution in [2.45, 2.75) is 30.6 Å². The number of hydrogen-bond acceptors (Lipinski definition) is 5. The van der Waals surface area contributed by atoms with Crippen LogP contribution in [0.15, 0.2) is 36.9 Å². The van der Waals surface area contributed by atoms with E-state index in [2.05, 4.69) is 6.58 Å². The Morgan fingerprint density at radius 2 is 2.13 bits per heavy atom. The molecule has 0 saturated carbocycles. The van der Waals surface area contributed by atoms with Crippen molar-refractivity contribution in [3.05, 3.63) is 41.9 Å². The van der Waals surface area contributed by atoms with Gasteiger partial charge in [-0.15, -0.1) is 6.58 Å². The first-order valence-corrected chi connectivity index (χ1v) is 10.2. The van der Waals surface area contributed by atoms with Crippen molar-refractivity contribution in [1.29, 1.82) is 0 Å². The van der Waals surface area contributed by atoms with Gasteiger partial charge in [0.25, 0.3) is 5.91 Å². The molecule has 5 atom stereocenters. The Morgan fingerprint density at radius 1 is 1.40 bits per heavy atom. The van der Waals surface area contributed by atoms with Crippen LogP contribution in [0.5, 0.6) is 0 Å². The molecule has 9 heteroatoms. The van der Waals surface area contributed by atoms with Crippen LogP contribution in [0, 0.1) is 11.8 Å². The number of nitrogens with zero attached hydrogens (tertiary/aromatic N) is 2. The third-order valence-electron chi connectivity index (χ3n) is 6.38. The van der Waals surface area contributed by atoms with Gasteiger partial charge >= 0.3 is 5.97 Å². The van der Waals surface area contributed by atoms with Crippen molar-refractivity contribution in [1.82, 2.24) is 4.90 Å². The Hall–Kier alpha value is -2.42. The predicted octanol–water partition coefficient (Wildman–Crippen LogP) is 1.31. The number of β-amino-alcohol motifs (C(OH)–C–C–N with tert-alkyl or cyclic N) is 1. The predicted molar refractivity (Wildman–Crippen MR) is 108 cm³/mol. The summed E-state index contributed by atoms with van der Waals surface area (Å²) in [5, 5.41) is 19.6. The van der Waals surface area contributed by atoms with Crippen molar-refractivity contribution >= 4 is 35.1 Å². The summed E-state index contributed by atoms with van der Waals surface area (Å²) < 4.78 is 6.10. The van der Waals surface area contributed by atoms with Crippen molar-refractivity contribution < 1.29 is 29.3 Å². The molecule has 8 nitrogen and oxygen atoms in total. The standard InChI is InChI=1S/C21H23ClN2O6/c1-2-9-23(13-6-4-3-5-12(13)22)19(27)17-21-8-7-14(30-21)15(20(28)29)16(21)18(26)24(17)10-11-25/h2-6,14-17,25H,1,7-11H2,(H,28,29)/t14-,15+,16+,17?,21?/m1/s1. The number of rotatable bonds is 7. The Bertz CT molecular complexity index is 907. The number of anilines is 1. The van der Waals surface area contributed by atoms with Gasteiger partial charge in [-0.05, 0) is 25.0 Å². The van der Waals surface area contributed by atoms with Gasteiger partial charge in [0.1, 0.15) is 11.6 Å². The molecule has 30 heavy (non-hydrogen) atoms. The van der Waals surface area contributed by atoms with Crippen LogP contribution in [0.3, 0.4) is 0 Å². The molecule has 0 radical (unpaired) electrons. The lowest BCUT2D eigenvalue weighted by Gasteiger charge is -2.36. The van der Waals surface area contributed by atoms with Gasteiger partial charge < -0.3 is 24.7 Å². The van der Waals surface area contributed by atoms with Crippen LogP contribution in [0.2, 0.25) is 5.02 Å². The van der Waals surface area contributed by atoms with E-state index in [0.29, 0.717) is 23.6 Å². The monoisotopic (exact) mass is 434 g/mol. The van der Waals surface area contributed by atoms with E-state index in [1.54, 1.807) is 30.3 Å². The third-order valence-corrected chi connectivity index (χ3v) is 6.70. The van der Waals surface area contributed by atoms with Crippen LogP contribution in [-0.4, -0.2) is 70.3 Å². The van der Waals surface area contributed by atoms with Gasteiger partial charge in [-0.1, -0.05) is 29.8 Å². The van der Waals surface area contributed by atoms with E-state index < -0.39 is 47.4 Å². The van der Waals surface area contributed by atoms with E-state index in [9.17, 15) is 24.6 Å². The van der Waals surface area contributed by atoms with Gasteiger partial charge in [0, 0.05) is 13.1 Å². The van der Waals surface area contributed by atoms with E-state index in [1.165, 1.54) is 9.80 Å². The molecular formula is C21H23ClN2O6. The van der Waals surface area contributed by atoms with Crippen LogP contribution < -0.4 is 4.90 Å². The van der Waals surface area contributed by atoms with E-state index in [0.717, 1.165) is 0 Å². The number of amides is 2. The zero-order valence-electron chi connectivity index (χ0n) is 16.2.